The lowest BCUT2D eigenvalue weighted by Crippen LogP contribution is -2.10. The van der Waals surface area contributed by atoms with E-state index >= 15 is 0 Å². The standard InChI is InChI=1S/C17H10ClN3O3S/c18-12-3-1-10(2-4-12)15-20-17(24-21-15)14-13(6-8-25-14)19-16(22)11-5-7-23-9-11/h1-9H,(H,19,22). The molecule has 3 heterocycles. The molecule has 0 saturated carbocycles. The Balaban J connectivity index is 1.60. The van der Waals surface area contributed by atoms with Gasteiger partial charge in [-0.3, -0.25) is 4.79 Å². The van der Waals surface area contributed by atoms with Gasteiger partial charge < -0.3 is 14.3 Å². The number of hydrogen-bond acceptors (Lipinski definition) is 6. The normalized spacial score (nSPS) is 10.8. The number of hydrogen-bond donors (Lipinski definition) is 1. The summed E-state index contributed by atoms with van der Waals surface area (Å²) < 4.78 is 10.3. The summed E-state index contributed by atoms with van der Waals surface area (Å²) in [6.07, 6.45) is 2.83. The molecule has 1 amide bonds. The molecule has 0 bridgehead atoms. The second-order valence-electron chi connectivity index (χ2n) is 5.06. The molecule has 8 heteroatoms. The van der Waals surface area contributed by atoms with Crippen LogP contribution in [0.25, 0.3) is 22.2 Å². The molecular formula is C17H10ClN3O3S. The van der Waals surface area contributed by atoms with E-state index in [1.54, 1.807) is 24.3 Å². The third kappa shape index (κ3) is 3.19. The topological polar surface area (TPSA) is 81.2 Å². The zero-order chi connectivity index (χ0) is 17.2. The molecule has 1 N–H and O–H groups in total. The number of aromatic nitrogens is 2. The average Bonchev–Trinajstić information content (AvgIpc) is 3.36. The minimum Gasteiger partial charge on any atom is -0.472 e. The van der Waals surface area contributed by atoms with Gasteiger partial charge in [-0.1, -0.05) is 16.8 Å². The number of furan rings is 1. The van der Waals surface area contributed by atoms with Crippen molar-refractivity contribution in [1.29, 1.82) is 0 Å². The van der Waals surface area contributed by atoms with Gasteiger partial charge in [0.2, 0.25) is 5.82 Å². The molecule has 0 spiro atoms. The number of benzene rings is 1. The first kappa shape index (κ1) is 15.6. The summed E-state index contributed by atoms with van der Waals surface area (Å²) in [4.78, 5) is 17.3. The molecule has 4 rings (SSSR count). The zero-order valence-electron chi connectivity index (χ0n) is 12.6. The van der Waals surface area contributed by atoms with Crippen LogP contribution in [0.5, 0.6) is 0 Å². The molecule has 6 nitrogen and oxygen atoms in total. The van der Waals surface area contributed by atoms with Crippen LogP contribution in [0.1, 0.15) is 10.4 Å². The van der Waals surface area contributed by atoms with Crippen molar-refractivity contribution >= 4 is 34.5 Å². The van der Waals surface area contributed by atoms with Crippen LogP contribution in [0, 0.1) is 0 Å². The van der Waals surface area contributed by atoms with Gasteiger partial charge in [0.05, 0.1) is 17.5 Å². The SMILES string of the molecule is O=C(Nc1ccsc1-c1nc(-c2ccc(Cl)cc2)no1)c1ccoc1. The Kier molecular flexibility index (Phi) is 4.09. The van der Waals surface area contributed by atoms with E-state index in [9.17, 15) is 4.79 Å². The lowest BCUT2D eigenvalue weighted by molar-refractivity contribution is 0.102. The fraction of sp³-hybridized carbons (Fsp3) is 0. The molecule has 1 aromatic carbocycles. The number of carbonyl (C=O) groups excluding carboxylic acids is 1. The maximum atomic E-state index is 12.2. The summed E-state index contributed by atoms with van der Waals surface area (Å²) in [6, 6.07) is 10.5. The molecule has 0 aliphatic carbocycles. The van der Waals surface area contributed by atoms with Crippen molar-refractivity contribution in [3.63, 3.8) is 0 Å². The monoisotopic (exact) mass is 371 g/mol. The van der Waals surface area contributed by atoms with Crippen molar-refractivity contribution in [3.8, 4) is 22.2 Å². The van der Waals surface area contributed by atoms with Crippen LogP contribution in [-0.4, -0.2) is 16.0 Å². The van der Waals surface area contributed by atoms with E-state index in [0.29, 0.717) is 32.9 Å². The van der Waals surface area contributed by atoms with Gasteiger partial charge >= 0.3 is 0 Å². The number of carbonyl (C=O) groups is 1. The van der Waals surface area contributed by atoms with Crippen LogP contribution in [0.3, 0.4) is 0 Å². The number of rotatable bonds is 4. The van der Waals surface area contributed by atoms with Crippen molar-refractivity contribution in [2.75, 3.05) is 5.32 Å². The summed E-state index contributed by atoms with van der Waals surface area (Å²) >= 11 is 7.28. The van der Waals surface area contributed by atoms with Gasteiger partial charge in [-0.05, 0) is 41.8 Å². The highest BCUT2D eigenvalue weighted by Crippen LogP contribution is 2.34. The lowest BCUT2D eigenvalue weighted by atomic mass is 10.2. The summed E-state index contributed by atoms with van der Waals surface area (Å²) in [6.45, 7) is 0. The average molecular weight is 372 g/mol. The summed E-state index contributed by atoms with van der Waals surface area (Å²) in [5.74, 6) is 0.514. The third-order valence-corrected chi connectivity index (χ3v) is 4.57. The van der Waals surface area contributed by atoms with E-state index in [-0.39, 0.29) is 5.91 Å². The Labute approximate surface area is 151 Å². The van der Waals surface area contributed by atoms with Crippen molar-refractivity contribution in [2.45, 2.75) is 0 Å². The number of thiophene rings is 1. The Hall–Kier alpha value is -2.90. The zero-order valence-corrected chi connectivity index (χ0v) is 14.2. The Morgan fingerprint density at radius 3 is 2.76 bits per heavy atom. The molecule has 0 atom stereocenters. The second-order valence-corrected chi connectivity index (χ2v) is 6.41. The third-order valence-electron chi connectivity index (χ3n) is 3.42. The predicted octanol–water partition coefficient (Wildman–Crippen LogP) is 4.96. The first-order valence-corrected chi connectivity index (χ1v) is 8.47. The summed E-state index contributed by atoms with van der Waals surface area (Å²) in [5, 5.41) is 9.28. The molecule has 0 radical (unpaired) electrons. The highest BCUT2D eigenvalue weighted by molar-refractivity contribution is 7.14. The van der Waals surface area contributed by atoms with Crippen LogP contribution in [0.15, 0.2) is 63.2 Å². The minimum absolute atomic E-state index is 0.272. The number of anilines is 1. The van der Waals surface area contributed by atoms with Crippen LogP contribution in [0.2, 0.25) is 5.02 Å². The second kappa shape index (κ2) is 6.54. The molecule has 0 saturated heterocycles. The fourth-order valence-corrected chi connectivity index (χ4v) is 3.09. The molecule has 0 aliphatic rings. The van der Waals surface area contributed by atoms with Gasteiger partial charge in [0.15, 0.2) is 0 Å². The lowest BCUT2D eigenvalue weighted by Gasteiger charge is -2.02. The first-order chi connectivity index (χ1) is 12.2. The van der Waals surface area contributed by atoms with E-state index in [0.717, 1.165) is 5.56 Å². The minimum atomic E-state index is -0.272. The largest absolute Gasteiger partial charge is 0.472 e. The van der Waals surface area contributed by atoms with E-state index in [4.69, 9.17) is 20.5 Å². The van der Waals surface area contributed by atoms with Gasteiger partial charge in [0.25, 0.3) is 11.8 Å². The maximum absolute atomic E-state index is 12.2. The number of halogens is 1. The van der Waals surface area contributed by atoms with Crippen molar-refractivity contribution < 1.29 is 13.7 Å². The molecule has 4 aromatic rings. The van der Waals surface area contributed by atoms with Crippen molar-refractivity contribution in [1.82, 2.24) is 10.1 Å². The fourth-order valence-electron chi connectivity index (χ4n) is 2.19. The van der Waals surface area contributed by atoms with Crippen molar-refractivity contribution in [3.05, 3.63) is 64.9 Å². The Morgan fingerprint density at radius 1 is 1.16 bits per heavy atom. The smallest absolute Gasteiger partial charge is 0.270 e. The number of amides is 1. The highest BCUT2D eigenvalue weighted by atomic mass is 35.5. The van der Waals surface area contributed by atoms with Crippen molar-refractivity contribution in [2.24, 2.45) is 0 Å². The molecule has 0 aliphatic heterocycles. The van der Waals surface area contributed by atoms with Crippen LogP contribution >= 0.6 is 22.9 Å². The van der Waals surface area contributed by atoms with Gasteiger partial charge in [-0.15, -0.1) is 11.3 Å². The molecule has 0 unspecified atom stereocenters. The highest BCUT2D eigenvalue weighted by Gasteiger charge is 2.18. The summed E-state index contributed by atoms with van der Waals surface area (Å²) in [5.41, 5.74) is 1.83. The van der Waals surface area contributed by atoms with E-state index in [1.165, 1.54) is 23.9 Å². The predicted molar refractivity (Wildman–Crippen MR) is 94.7 cm³/mol. The first-order valence-electron chi connectivity index (χ1n) is 7.22. The molecular weight excluding hydrogens is 362 g/mol. The Morgan fingerprint density at radius 2 is 2.00 bits per heavy atom. The van der Waals surface area contributed by atoms with E-state index in [1.807, 2.05) is 17.5 Å². The Bertz CT molecular complexity index is 1010. The van der Waals surface area contributed by atoms with Crippen LogP contribution in [0.4, 0.5) is 5.69 Å². The van der Waals surface area contributed by atoms with Gasteiger partial charge in [-0.2, -0.15) is 4.98 Å². The number of nitrogens with one attached hydrogen (secondary N) is 1. The van der Waals surface area contributed by atoms with Gasteiger partial charge in [-0.25, -0.2) is 0 Å². The molecule has 3 aromatic heterocycles. The summed E-state index contributed by atoms with van der Waals surface area (Å²) in [7, 11) is 0. The van der Waals surface area contributed by atoms with Crippen LogP contribution in [-0.2, 0) is 0 Å². The van der Waals surface area contributed by atoms with Gasteiger partial charge in [0.1, 0.15) is 11.1 Å². The van der Waals surface area contributed by atoms with Gasteiger partial charge in [0, 0.05) is 10.6 Å². The molecule has 124 valence electrons. The quantitative estimate of drug-likeness (QED) is 0.548. The number of nitrogens with zero attached hydrogens (tertiary/aromatic N) is 2. The molecule has 25 heavy (non-hydrogen) atoms. The maximum Gasteiger partial charge on any atom is 0.270 e. The van der Waals surface area contributed by atoms with Crippen LogP contribution < -0.4 is 5.32 Å². The molecule has 0 fully saturated rings. The van der Waals surface area contributed by atoms with E-state index in [2.05, 4.69) is 15.5 Å². The van der Waals surface area contributed by atoms with E-state index < -0.39 is 0 Å².